The molecule has 0 saturated carbocycles. The summed E-state index contributed by atoms with van der Waals surface area (Å²) >= 11 is 0. The van der Waals surface area contributed by atoms with Gasteiger partial charge in [0, 0.05) is 25.3 Å². The molecule has 0 aliphatic rings. The molecule has 1 aromatic carbocycles. The van der Waals surface area contributed by atoms with Crippen LogP contribution in [-0.2, 0) is 11.3 Å². The number of ether oxygens (including phenoxy) is 1. The van der Waals surface area contributed by atoms with E-state index >= 15 is 0 Å². The van der Waals surface area contributed by atoms with Crippen LogP contribution in [0, 0.1) is 10.1 Å². The molecule has 0 fully saturated rings. The van der Waals surface area contributed by atoms with Gasteiger partial charge in [-0.3, -0.25) is 10.1 Å². The Kier molecular flexibility index (Phi) is 5.45. The first kappa shape index (κ1) is 12.6. The van der Waals surface area contributed by atoms with Crippen molar-refractivity contribution in [3.63, 3.8) is 0 Å². The molecule has 16 heavy (non-hydrogen) atoms. The highest BCUT2D eigenvalue weighted by atomic mass is 16.6. The summed E-state index contributed by atoms with van der Waals surface area (Å²) in [5.41, 5.74) is 0.999. The summed E-state index contributed by atoms with van der Waals surface area (Å²) in [6.45, 7) is 1.22. The molecule has 0 bridgehead atoms. The van der Waals surface area contributed by atoms with Gasteiger partial charge in [0.05, 0.1) is 11.5 Å². The molecule has 0 amide bonds. The molecule has 0 aliphatic carbocycles. The zero-order chi connectivity index (χ0) is 11.8. The molecule has 5 heteroatoms. The van der Waals surface area contributed by atoms with Crippen LogP contribution in [0.15, 0.2) is 24.3 Å². The third-order valence-electron chi connectivity index (χ3n) is 2.11. The van der Waals surface area contributed by atoms with E-state index in [2.05, 4.69) is 0 Å². The van der Waals surface area contributed by atoms with Gasteiger partial charge >= 0.3 is 0 Å². The largest absolute Gasteiger partial charge is 0.396 e. The number of aliphatic hydroxyl groups excluding tert-OH is 1. The molecule has 0 unspecified atom stereocenters. The van der Waals surface area contributed by atoms with Crippen molar-refractivity contribution in [2.24, 2.45) is 0 Å². The van der Waals surface area contributed by atoms with Crippen LogP contribution >= 0.6 is 0 Å². The number of nitrogens with zero attached hydrogens (tertiary/aromatic N) is 1. The predicted octanol–water partition coefficient (Wildman–Crippen LogP) is 1.88. The highest BCUT2D eigenvalue weighted by Gasteiger charge is 2.03. The lowest BCUT2D eigenvalue weighted by Crippen LogP contribution is -1.97. The fourth-order valence-electron chi connectivity index (χ4n) is 1.22. The summed E-state index contributed by atoms with van der Waals surface area (Å²) in [5.74, 6) is 0. The molecule has 0 aliphatic heterocycles. The van der Waals surface area contributed by atoms with Crippen LogP contribution < -0.4 is 0 Å². The number of non-ortho nitro benzene ring substituents is 1. The van der Waals surface area contributed by atoms with Crippen molar-refractivity contribution in [2.45, 2.75) is 19.4 Å². The lowest BCUT2D eigenvalue weighted by Gasteiger charge is -2.03. The minimum atomic E-state index is -0.425. The summed E-state index contributed by atoms with van der Waals surface area (Å²) < 4.78 is 5.34. The normalized spacial score (nSPS) is 10.3. The van der Waals surface area contributed by atoms with Gasteiger partial charge < -0.3 is 9.84 Å². The van der Waals surface area contributed by atoms with Crippen LogP contribution in [0.4, 0.5) is 5.69 Å². The van der Waals surface area contributed by atoms with E-state index in [0.29, 0.717) is 13.2 Å². The molecular formula is C11H15NO4. The van der Waals surface area contributed by atoms with E-state index in [1.54, 1.807) is 12.1 Å². The van der Waals surface area contributed by atoms with Gasteiger partial charge in [0.1, 0.15) is 0 Å². The Morgan fingerprint density at radius 1 is 1.25 bits per heavy atom. The predicted molar refractivity (Wildman–Crippen MR) is 59.1 cm³/mol. The zero-order valence-electron chi connectivity index (χ0n) is 8.96. The number of rotatable bonds is 7. The van der Waals surface area contributed by atoms with Crippen molar-refractivity contribution in [3.05, 3.63) is 39.9 Å². The van der Waals surface area contributed by atoms with E-state index in [4.69, 9.17) is 9.84 Å². The molecule has 0 atom stereocenters. The standard InChI is InChI=1S/C11H15NO4/c13-7-1-2-8-16-9-10-3-5-11(6-4-10)12(14)15/h3-6,13H,1-2,7-9H2. The van der Waals surface area contributed by atoms with Crippen LogP contribution in [0.25, 0.3) is 0 Å². The zero-order valence-corrected chi connectivity index (χ0v) is 8.96. The molecule has 0 saturated heterocycles. The van der Waals surface area contributed by atoms with Crippen molar-refractivity contribution in [1.82, 2.24) is 0 Å². The molecule has 0 spiro atoms. The number of hydrogen-bond acceptors (Lipinski definition) is 4. The van der Waals surface area contributed by atoms with Gasteiger partial charge in [-0.15, -0.1) is 0 Å². The quantitative estimate of drug-likeness (QED) is 0.437. The SMILES string of the molecule is O=[N+]([O-])c1ccc(COCCCCO)cc1. The molecule has 1 rings (SSSR count). The number of nitro groups is 1. The Balaban J connectivity index is 2.29. The summed E-state index contributed by atoms with van der Waals surface area (Å²) in [6, 6.07) is 6.30. The fourth-order valence-corrected chi connectivity index (χ4v) is 1.22. The number of benzene rings is 1. The van der Waals surface area contributed by atoms with Crippen LogP contribution in [0.1, 0.15) is 18.4 Å². The van der Waals surface area contributed by atoms with E-state index in [9.17, 15) is 10.1 Å². The van der Waals surface area contributed by atoms with Crippen LogP contribution in [0.5, 0.6) is 0 Å². The minimum Gasteiger partial charge on any atom is -0.396 e. The van der Waals surface area contributed by atoms with E-state index in [1.165, 1.54) is 12.1 Å². The van der Waals surface area contributed by atoms with Gasteiger partial charge in [-0.2, -0.15) is 0 Å². The van der Waals surface area contributed by atoms with Crippen LogP contribution in [-0.4, -0.2) is 23.2 Å². The number of nitro benzene ring substituents is 1. The van der Waals surface area contributed by atoms with Gasteiger partial charge in [-0.25, -0.2) is 0 Å². The number of aliphatic hydroxyl groups is 1. The van der Waals surface area contributed by atoms with E-state index in [1.807, 2.05) is 0 Å². The second-order valence-corrected chi connectivity index (χ2v) is 3.41. The smallest absolute Gasteiger partial charge is 0.269 e. The molecule has 0 heterocycles. The average molecular weight is 225 g/mol. The van der Waals surface area contributed by atoms with Gasteiger partial charge in [0.2, 0.25) is 0 Å². The van der Waals surface area contributed by atoms with Crippen LogP contribution in [0.2, 0.25) is 0 Å². The lowest BCUT2D eigenvalue weighted by molar-refractivity contribution is -0.384. The maximum absolute atomic E-state index is 10.4. The third kappa shape index (κ3) is 4.37. The van der Waals surface area contributed by atoms with Crippen molar-refractivity contribution in [2.75, 3.05) is 13.2 Å². The minimum absolute atomic E-state index is 0.0871. The third-order valence-corrected chi connectivity index (χ3v) is 2.11. The first-order valence-corrected chi connectivity index (χ1v) is 5.16. The van der Waals surface area contributed by atoms with Crippen molar-refractivity contribution in [3.8, 4) is 0 Å². The fraction of sp³-hybridized carbons (Fsp3) is 0.455. The monoisotopic (exact) mass is 225 g/mol. The Bertz CT molecular complexity index is 323. The Hall–Kier alpha value is -1.46. The number of hydrogen-bond donors (Lipinski definition) is 1. The Labute approximate surface area is 93.8 Å². The molecule has 0 radical (unpaired) electrons. The maximum atomic E-state index is 10.4. The molecular weight excluding hydrogens is 210 g/mol. The van der Waals surface area contributed by atoms with Crippen molar-refractivity contribution >= 4 is 5.69 Å². The summed E-state index contributed by atoms with van der Waals surface area (Å²) in [5, 5.41) is 18.9. The van der Waals surface area contributed by atoms with Gasteiger partial charge in [0.15, 0.2) is 0 Å². The molecule has 5 nitrogen and oxygen atoms in total. The van der Waals surface area contributed by atoms with Crippen molar-refractivity contribution < 1.29 is 14.8 Å². The highest BCUT2D eigenvalue weighted by Crippen LogP contribution is 2.12. The second kappa shape index (κ2) is 6.92. The lowest BCUT2D eigenvalue weighted by atomic mass is 10.2. The Morgan fingerprint density at radius 3 is 2.50 bits per heavy atom. The summed E-state index contributed by atoms with van der Waals surface area (Å²) in [4.78, 5) is 9.97. The van der Waals surface area contributed by atoms with Gasteiger partial charge in [-0.1, -0.05) is 0 Å². The van der Waals surface area contributed by atoms with Crippen LogP contribution in [0.3, 0.4) is 0 Å². The second-order valence-electron chi connectivity index (χ2n) is 3.41. The van der Waals surface area contributed by atoms with E-state index in [-0.39, 0.29) is 12.3 Å². The molecule has 0 aromatic heterocycles. The highest BCUT2D eigenvalue weighted by molar-refractivity contribution is 5.32. The maximum Gasteiger partial charge on any atom is 0.269 e. The van der Waals surface area contributed by atoms with Gasteiger partial charge in [0.25, 0.3) is 5.69 Å². The number of unbranched alkanes of at least 4 members (excludes halogenated alkanes) is 1. The Morgan fingerprint density at radius 2 is 1.94 bits per heavy atom. The summed E-state index contributed by atoms with van der Waals surface area (Å²) in [6.07, 6.45) is 1.56. The average Bonchev–Trinajstić information content (AvgIpc) is 2.29. The topological polar surface area (TPSA) is 72.6 Å². The molecule has 1 N–H and O–H groups in total. The van der Waals surface area contributed by atoms with E-state index < -0.39 is 4.92 Å². The van der Waals surface area contributed by atoms with Gasteiger partial charge in [-0.05, 0) is 30.5 Å². The van der Waals surface area contributed by atoms with Crippen molar-refractivity contribution in [1.29, 1.82) is 0 Å². The molecule has 1 aromatic rings. The first-order chi connectivity index (χ1) is 7.74. The molecule has 88 valence electrons. The van der Waals surface area contributed by atoms with E-state index in [0.717, 1.165) is 18.4 Å². The first-order valence-electron chi connectivity index (χ1n) is 5.16. The summed E-state index contributed by atoms with van der Waals surface area (Å²) in [7, 11) is 0.